The van der Waals surface area contributed by atoms with Gasteiger partial charge in [0.1, 0.15) is 6.79 Å². The summed E-state index contributed by atoms with van der Waals surface area (Å²) in [5.74, 6) is 0. The van der Waals surface area contributed by atoms with Crippen molar-refractivity contribution in [3.63, 3.8) is 0 Å². The maximum atomic E-state index is 5.89. The maximum absolute atomic E-state index is 5.89. The second kappa shape index (κ2) is 13.7. The van der Waals surface area contributed by atoms with Crippen LogP contribution in [0.2, 0.25) is 6.04 Å². The molecule has 0 amide bonds. The molecular formula is C17H37NO2Si. The standard InChI is InChI=1S/C17H37NO2Si/c1-3-4-5-6-7-8-9-14-19-16-20-17-11-10-15-21-18(2)13-12-17/h17H,3-16,21H2,1-2H3. The van der Waals surface area contributed by atoms with E-state index in [0.29, 0.717) is 12.9 Å². The molecule has 0 aromatic rings. The maximum Gasteiger partial charge on any atom is 0.147 e. The van der Waals surface area contributed by atoms with E-state index < -0.39 is 0 Å². The Bertz CT molecular complexity index is 229. The van der Waals surface area contributed by atoms with Crippen molar-refractivity contribution in [3.8, 4) is 0 Å². The van der Waals surface area contributed by atoms with Gasteiger partial charge in [-0.1, -0.05) is 51.9 Å². The SMILES string of the molecule is CCCCCCCCCOCOC1CCC[SiH2]N(C)CC1. The molecule has 3 nitrogen and oxygen atoms in total. The zero-order valence-electron chi connectivity index (χ0n) is 14.4. The zero-order valence-corrected chi connectivity index (χ0v) is 15.9. The highest BCUT2D eigenvalue weighted by atomic mass is 28.2. The summed E-state index contributed by atoms with van der Waals surface area (Å²) in [7, 11) is 2.33. The molecule has 1 fully saturated rings. The van der Waals surface area contributed by atoms with Gasteiger partial charge >= 0.3 is 0 Å². The third-order valence-corrected chi connectivity index (χ3v) is 6.32. The van der Waals surface area contributed by atoms with Crippen molar-refractivity contribution >= 4 is 9.68 Å². The molecule has 1 heterocycles. The van der Waals surface area contributed by atoms with E-state index >= 15 is 0 Å². The number of unbranched alkanes of at least 4 members (excludes halogenated alkanes) is 6. The highest BCUT2D eigenvalue weighted by Crippen LogP contribution is 2.13. The van der Waals surface area contributed by atoms with Gasteiger partial charge in [-0.05, 0) is 38.9 Å². The van der Waals surface area contributed by atoms with Crippen molar-refractivity contribution in [2.45, 2.75) is 83.3 Å². The van der Waals surface area contributed by atoms with Crippen LogP contribution >= 0.6 is 0 Å². The van der Waals surface area contributed by atoms with Crippen LogP contribution in [-0.4, -0.2) is 47.3 Å². The molecule has 0 aliphatic carbocycles. The molecule has 1 aliphatic rings. The average molecular weight is 316 g/mol. The van der Waals surface area contributed by atoms with Crippen LogP contribution in [0.3, 0.4) is 0 Å². The minimum absolute atomic E-state index is 0.0584. The lowest BCUT2D eigenvalue weighted by atomic mass is 10.1. The molecule has 0 spiro atoms. The van der Waals surface area contributed by atoms with E-state index in [1.807, 2.05) is 0 Å². The highest BCUT2D eigenvalue weighted by molar-refractivity contribution is 6.31. The number of hydrogen-bond donors (Lipinski definition) is 0. The Kier molecular flexibility index (Phi) is 12.5. The van der Waals surface area contributed by atoms with Gasteiger partial charge in [-0.2, -0.15) is 0 Å². The first-order valence-corrected chi connectivity index (χ1v) is 10.8. The fraction of sp³-hybridized carbons (Fsp3) is 1.00. The fourth-order valence-electron chi connectivity index (χ4n) is 2.91. The Hall–Kier alpha value is 0.0969. The van der Waals surface area contributed by atoms with E-state index in [9.17, 15) is 0 Å². The van der Waals surface area contributed by atoms with Crippen LogP contribution in [0.4, 0.5) is 0 Å². The van der Waals surface area contributed by atoms with Crippen LogP contribution in [0, 0.1) is 0 Å². The first-order chi connectivity index (χ1) is 10.3. The van der Waals surface area contributed by atoms with Crippen LogP contribution in [-0.2, 0) is 9.47 Å². The van der Waals surface area contributed by atoms with Crippen molar-refractivity contribution in [2.24, 2.45) is 0 Å². The Morgan fingerprint density at radius 2 is 1.81 bits per heavy atom. The molecule has 0 N–H and O–H groups in total. The largest absolute Gasteiger partial charge is 0.355 e. The molecule has 21 heavy (non-hydrogen) atoms. The molecule has 1 saturated heterocycles. The minimum Gasteiger partial charge on any atom is -0.355 e. The summed E-state index contributed by atoms with van der Waals surface area (Å²) in [6.07, 6.45) is 13.6. The summed E-state index contributed by atoms with van der Waals surface area (Å²) < 4.78 is 14.1. The molecule has 126 valence electrons. The van der Waals surface area contributed by atoms with Crippen molar-refractivity contribution in [3.05, 3.63) is 0 Å². The number of ether oxygens (including phenoxy) is 2. The molecule has 4 heteroatoms. The normalized spacial score (nSPS) is 22.3. The average Bonchev–Trinajstić information content (AvgIpc) is 2.47. The summed E-state index contributed by atoms with van der Waals surface area (Å²) in [5, 5.41) is 0. The predicted octanol–water partition coefficient (Wildman–Crippen LogP) is 3.71. The number of hydrogen-bond acceptors (Lipinski definition) is 3. The van der Waals surface area contributed by atoms with Gasteiger partial charge in [0.25, 0.3) is 0 Å². The van der Waals surface area contributed by atoms with Gasteiger partial charge < -0.3 is 14.0 Å². The van der Waals surface area contributed by atoms with Gasteiger partial charge in [0, 0.05) is 6.61 Å². The number of rotatable bonds is 11. The van der Waals surface area contributed by atoms with E-state index in [1.54, 1.807) is 0 Å². The Morgan fingerprint density at radius 1 is 1.05 bits per heavy atom. The smallest absolute Gasteiger partial charge is 0.147 e. The second-order valence-electron chi connectivity index (χ2n) is 6.52. The fourth-order valence-corrected chi connectivity index (χ4v) is 4.36. The zero-order chi connectivity index (χ0) is 15.2. The Morgan fingerprint density at radius 3 is 2.62 bits per heavy atom. The molecule has 1 atom stereocenters. The molecule has 0 saturated carbocycles. The molecule has 0 aromatic heterocycles. The van der Waals surface area contributed by atoms with Gasteiger partial charge in [0.2, 0.25) is 0 Å². The van der Waals surface area contributed by atoms with E-state index in [4.69, 9.17) is 9.47 Å². The summed E-state index contributed by atoms with van der Waals surface area (Å²) in [6, 6.07) is 1.44. The van der Waals surface area contributed by atoms with E-state index in [-0.39, 0.29) is 9.68 Å². The van der Waals surface area contributed by atoms with Crippen LogP contribution < -0.4 is 0 Å². The van der Waals surface area contributed by atoms with Crippen molar-refractivity contribution in [2.75, 3.05) is 27.0 Å². The summed E-state index contributed by atoms with van der Waals surface area (Å²) in [5.41, 5.74) is 0. The lowest BCUT2D eigenvalue weighted by Gasteiger charge is -2.25. The van der Waals surface area contributed by atoms with Crippen molar-refractivity contribution in [1.82, 2.24) is 4.57 Å². The van der Waals surface area contributed by atoms with Crippen LogP contribution in [0.1, 0.15) is 71.1 Å². The highest BCUT2D eigenvalue weighted by Gasteiger charge is 2.13. The number of nitrogens with zero attached hydrogens (tertiary/aromatic N) is 1. The van der Waals surface area contributed by atoms with E-state index in [2.05, 4.69) is 18.5 Å². The summed E-state index contributed by atoms with van der Waals surface area (Å²) >= 11 is 0. The van der Waals surface area contributed by atoms with Crippen molar-refractivity contribution in [1.29, 1.82) is 0 Å². The van der Waals surface area contributed by atoms with Gasteiger partial charge in [-0.15, -0.1) is 0 Å². The molecule has 1 aliphatic heterocycles. The van der Waals surface area contributed by atoms with Crippen molar-refractivity contribution < 1.29 is 9.47 Å². The monoisotopic (exact) mass is 315 g/mol. The molecule has 1 unspecified atom stereocenters. The van der Waals surface area contributed by atoms with E-state index in [0.717, 1.165) is 6.61 Å². The van der Waals surface area contributed by atoms with Gasteiger partial charge in [0.05, 0.1) is 15.8 Å². The third kappa shape index (κ3) is 11.3. The first kappa shape index (κ1) is 19.1. The first-order valence-electron chi connectivity index (χ1n) is 9.21. The van der Waals surface area contributed by atoms with Gasteiger partial charge in [-0.25, -0.2) is 0 Å². The Balaban J connectivity index is 1.86. The van der Waals surface area contributed by atoms with Crippen LogP contribution in [0.5, 0.6) is 0 Å². The van der Waals surface area contributed by atoms with Crippen LogP contribution in [0.25, 0.3) is 0 Å². The third-order valence-electron chi connectivity index (χ3n) is 4.43. The Labute approximate surface area is 134 Å². The molecule has 0 aromatic carbocycles. The predicted molar refractivity (Wildman–Crippen MR) is 93.5 cm³/mol. The van der Waals surface area contributed by atoms with Gasteiger partial charge in [-0.3, -0.25) is 0 Å². The molecule has 0 radical (unpaired) electrons. The quantitative estimate of drug-likeness (QED) is 0.329. The second-order valence-corrected chi connectivity index (χ2v) is 8.76. The molecular weight excluding hydrogens is 278 g/mol. The molecule has 0 bridgehead atoms. The summed E-state index contributed by atoms with van der Waals surface area (Å²) in [4.78, 5) is 0. The molecule has 1 rings (SSSR count). The van der Waals surface area contributed by atoms with Gasteiger partial charge in [0.15, 0.2) is 0 Å². The van der Waals surface area contributed by atoms with E-state index in [1.165, 1.54) is 76.8 Å². The topological polar surface area (TPSA) is 21.7 Å². The lowest BCUT2D eigenvalue weighted by Crippen LogP contribution is -2.30. The van der Waals surface area contributed by atoms with Crippen LogP contribution in [0.15, 0.2) is 0 Å². The lowest BCUT2D eigenvalue weighted by molar-refractivity contribution is -0.0952. The summed E-state index contributed by atoms with van der Waals surface area (Å²) in [6.45, 7) is 4.85. The minimum atomic E-state index is 0.0584.